The Morgan fingerprint density at radius 3 is 2.33 bits per heavy atom. The van der Waals surface area contributed by atoms with E-state index in [4.69, 9.17) is 4.74 Å². The molecule has 10 heteroatoms. The van der Waals surface area contributed by atoms with Crippen LogP contribution in [0.15, 0.2) is 72.8 Å². The van der Waals surface area contributed by atoms with E-state index in [9.17, 15) is 22.4 Å². The minimum atomic E-state index is -3.96. The number of rotatable bonds is 13. The van der Waals surface area contributed by atoms with Crippen LogP contribution in [0, 0.1) is 12.7 Å². The van der Waals surface area contributed by atoms with E-state index >= 15 is 0 Å². The van der Waals surface area contributed by atoms with Gasteiger partial charge in [-0.05, 0) is 42.7 Å². The van der Waals surface area contributed by atoms with Crippen LogP contribution in [0.3, 0.4) is 0 Å². The molecule has 0 aliphatic carbocycles. The maximum atomic E-state index is 14.8. The van der Waals surface area contributed by atoms with Gasteiger partial charge in [-0.2, -0.15) is 0 Å². The van der Waals surface area contributed by atoms with Crippen LogP contribution in [-0.4, -0.2) is 57.6 Å². The summed E-state index contributed by atoms with van der Waals surface area (Å²) < 4.78 is 47.1. The monoisotopic (exact) mass is 569 g/mol. The molecule has 0 radical (unpaired) electrons. The lowest BCUT2D eigenvalue weighted by atomic mass is 10.0. The van der Waals surface area contributed by atoms with Gasteiger partial charge in [-0.15, -0.1) is 0 Å². The fraction of sp³-hybridized carbons (Fsp3) is 0.333. The molecule has 8 nitrogen and oxygen atoms in total. The first-order valence-corrected chi connectivity index (χ1v) is 14.9. The molecule has 1 atom stereocenters. The quantitative estimate of drug-likeness (QED) is 0.335. The van der Waals surface area contributed by atoms with Crippen LogP contribution in [0.25, 0.3) is 0 Å². The zero-order valence-corrected chi connectivity index (χ0v) is 24.1. The molecule has 1 N–H and O–H groups in total. The molecule has 0 aliphatic heterocycles. The van der Waals surface area contributed by atoms with Gasteiger partial charge in [-0.25, -0.2) is 12.8 Å². The lowest BCUT2D eigenvalue weighted by molar-refractivity contribution is -0.140. The van der Waals surface area contributed by atoms with Crippen molar-refractivity contribution in [3.8, 4) is 5.75 Å². The number of methoxy groups -OCH3 is 1. The van der Waals surface area contributed by atoms with Crippen molar-refractivity contribution in [3.63, 3.8) is 0 Å². The number of benzene rings is 3. The fourth-order valence-corrected chi connectivity index (χ4v) is 5.16. The molecule has 0 unspecified atom stereocenters. The Bertz CT molecular complexity index is 1420. The third-order valence-electron chi connectivity index (χ3n) is 6.40. The molecule has 0 heterocycles. The molecule has 40 heavy (non-hydrogen) atoms. The molecule has 0 bridgehead atoms. The predicted molar refractivity (Wildman–Crippen MR) is 154 cm³/mol. The van der Waals surface area contributed by atoms with Crippen LogP contribution >= 0.6 is 0 Å². The largest absolute Gasteiger partial charge is 0.495 e. The molecule has 0 aromatic heterocycles. The number of amides is 2. The normalized spacial score (nSPS) is 11.9. The van der Waals surface area contributed by atoms with Crippen molar-refractivity contribution in [2.45, 2.75) is 39.3 Å². The zero-order valence-electron chi connectivity index (χ0n) is 23.3. The first-order valence-electron chi connectivity index (χ1n) is 13.0. The van der Waals surface area contributed by atoms with Crippen molar-refractivity contribution in [3.05, 3.63) is 95.3 Å². The van der Waals surface area contributed by atoms with E-state index in [1.54, 1.807) is 31.2 Å². The van der Waals surface area contributed by atoms with Crippen LogP contribution in [0.2, 0.25) is 0 Å². The van der Waals surface area contributed by atoms with E-state index in [-0.39, 0.29) is 30.0 Å². The molecular weight excluding hydrogens is 533 g/mol. The second-order valence-corrected chi connectivity index (χ2v) is 11.5. The maximum absolute atomic E-state index is 14.8. The summed E-state index contributed by atoms with van der Waals surface area (Å²) in [5, 5.41) is 2.85. The fourth-order valence-electron chi connectivity index (χ4n) is 4.32. The minimum Gasteiger partial charge on any atom is -0.495 e. The number of hydrogen-bond acceptors (Lipinski definition) is 5. The summed E-state index contributed by atoms with van der Waals surface area (Å²) in [6.07, 6.45) is 1.84. The first kappa shape index (κ1) is 30.6. The van der Waals surface area contributed by atoms with Crippen molar-refractivity contribution >= 4 is 27.5 Å². The Morgan fingerprint density at radius 2 is 1.70 bits per heavy atom. The van der Waals surface area contributed by atoms with Gasteiger partial charge in [-0.1, -0.05) is 61.5 Å². The van der Waals surface area contributed by atoms with Gasteiger partial charge in [0.1, 0.15) is 24.2 Å². The molecular formula is C30H36FN3O5S. The number of carbonyl (C=O) groups excluding carboxylic acids is 2. The highest BCUT2D eigenvalue weighted by Gasteiger charge is 2.34. The first-order chi connectivity index (χ1) is 19.0. The topological polar surface area (TPSA) is 96.0 Å². The van der Waals surface area contributed by atoms with Gasteiger partial charge in [0.2, 0.25) is 21.8 Å². The highest BCUT2D eigenvalue weighted by atomic mass is 32.2. The summed E-state index contributed by atoms with van der Waals surface area (Å²) >= 11 is 0. The number of carbonyl (C=O) groups is 2. The van der Waals surface area contributed by atoms with Gasteiger partial charge in [-0.3, -0.25) is 13.9 Å². The molecule has 2 amide bonds. The minimum absolute atomic E-state index is 0.156. The van der Waals surface area contributed by atoms with E-state index in [0.717, 1.165) is 21.7 Å². The van der Waals surface area contributed by atoms with E-state index in [0.29, 0.717) is 13.0 Å². The predicted octanol–water partition coefficient (Wildman–Crippen LogP) is 4.08. The highest BCUT2D eigenvalue weighted by Crippen LogP contribution is 2.31. The Hall–Kier alpha value is -3.92. The number of anilines is 1. The zero-order chi connectivity index (χ0) is 29.3. The molecule has 0 saturated heterocycles. The third kappa shape index (κ3) is 8.05. The highest BCUT2D eigenvalue weighted by molar-refractivity contribution is 7.92. The molecule has 3 aromatic carbocycles. The van der Waals surface area contributed by atoms with Crippen molar-refractivity contribution in [2.24, 2.45) is 0 Å². The number of hydrogen-bond donors (Lipinski definition) is 1. The van der Waals surface area contributed by atoms with Gasteiger partial charge < -0.3 is 15.0 Å². The smallest absolute Gasteiger partial charge is 0.244 e. The summed E-state index contributed by atoms with van der Waals surface area (Å²) in [5.74, 6) is -1.33. The molecule has 0 fully saturated rings. The van der Waals surface area contributed by atoms with Crippen molar-refractivity contribution in [1.82, 2.24) is 10.2 Å². The average Bonchev–Trinajstić information content (AvgIpc) is 2.93. The number of ether oxygens (including phenoxy) is 1. The van der Waals surface area contributed by atoms with Gasteiger partial charge in [0.25, 0.3) is 0 Å². The summed E-state index contributed by atoms with van der Waals surface area (Å²) in [4.78, 5) is 28.8. The second-order valence-electron chi connectivity index (χ2n) is 9.55. The van der Waals surface area contributed by atoms with Crippen LogP contribution in [0.5, 0.6) is 5.75 Å². The van der Waals surface area contributed by atoms with Gasteiger partial charge in [0.05, 0.1) is 19.1 Å². The number of sulfonamides is 1. The molecule has 0 spiro atoms. The molecule has 3 aromatic rings. The average molecular weight is 570 g/mol. The third-order valence-corrected chi connectivity index (χ3v) is 7.53. The van der Waals surface area contributed by atoms with Gasteiger partial charge in [0, 0.05) is 25.1 Å². The van der Waals surface area contributed by atoms with Crippen LogP contribution in [-0.2, 0) is 32.6 Å². The lowest BCUT2D eigenvalue weighted by Gasteiger charge is -2.33. The van der Waals surface area contributed by atoms with Crippen LogP contribution in [0.1, 0.15) is 30.0 Å². The summed E-state index contributed by atoms with van der Waals surface area (Å²) in [6, 6.07) is 19.2. The number of aryl methyl sites for hydroxylation is 1. The molecule has 214 valence electrons. The molecule has 0 saturated carbocycles. The SMILES string of the molecule is CCCNC(=O)[C@H](Cc1ccccc1)N(Cc1ccccc1F)C(=O)CN(c1cc(C)ccc1OC)S(C)(=O)=O. The summed E-state index contributed by atoms with van der Waals surface area (Å²) in [7, 11) is -2.55. The molecule has 0 aliphatic rings. The Morgan fingerprint density at radius 1 is 1.02 bits per heavy atom. The summed E-state index contributed by atoms with van der Waals surface area (Å²) in [5.41, 5.74) is 1.96. The standard InChI is InChI=1S/C30H36FN3O5S/c1-5-17-32-30(36)27(19-23-11-7-6-8-12-23)33(20-24-13-9-10-14-25(24)31)29(35)21-34(40(4,37)38)26-18-22(2)15-16-28(26)39-3/h6-16,18,27H,5,17,19-21H2,1-4H3,(H,32,36)/t27-/m0/s1. The number of halogens is 1. The van der Waals surface area contributed by atoms with Crippen LogP contribution < -0.4 is 14.4 Å². The Kier molecular flexibility index (Phi) is 10.7. The van der Waals surface area contributed by atoms with Crippen molar-refractivity contribution < 1.29 is 27.1 Å². The van der Waals surface area contributed by atoms with E-state index < -0.39 is 40.2 Å². The number of nitrogens with zero attached hydrogens (tertiary/aromatic N) is 2. The Balaban J connectivity index is 2.09. The Labute approximate surface area is 235 Å². The van der Waals surface area contributed by atoms with E-state index in [1.807, 2.05) is 37.3 Å². The van der Waals surface area contributed by atoms with Gasteiger partial charge >= 0.3 is 0 Å². The van der Waals surface area contributed by atoms with Crippen molar-refractivity contribution in [1.29, 1.82) is 0 Å². The van der Waals surface area contributed by atoms with E-state index in [1.165, 1.54) is 30.2 Å². The van der Waals surface area contributed by atoms with Crippen LogP contribution in [0.4, 0.5) is 10.1 Å². The number of nitrogens with one attached hydrogen (secondary N) is 1. The summed E-state index contributed by atoms with van der Waals surface area (Å²) in [6.45, 7) is 3.25. The molecule has 3 rings (SSSR count). The van der Waals surface area contributed by atoms with E-state index in [2.05, 4.69) is 5.32 Å². The van der Waals surface area contributed by atoms with Crippen molar-refractivity contribution in [2.75, 3.05) is 30.8 Å². The maximum Gasteiger partial charge on any atom is 0.244 e. The lowest BCUT2D eigenvalue weighted by Crippen LogP contribution is -2.53. The second kappa shape index (κ2) is 13.9. The van der Waals surface area contributed by atoms with Gasteiger partial charge in [0.15, 0.2) is 0 Å².